The van der Waals surface area contributed by atoms with Gasteiger partial charge in [0.1, 0.15) is 0 Å². The van der Waals surface area contributed by atoms with Crippen LogP contribution in [0.5, 0.6) is 0 Å². The zero-order chi connectivity index (χ0) is 17.5. The number of hydrogen-bond donors (Lipinski definition) is 2. The van der Waals surface area contributed by atoms with E-state index in [0.29, 0.717) is 12.6 Å². The van der Waals surface area contributed by atoms with E-state index in [-0.39, 0.29) is 11.6 Å². The summed E-state index contributed by atoms with van der Waals surface area (Å²) in [6.45, 7) is 1.97. The van der Waals surface area contributed by atoms with Gasteiger partial charge in [-0.2, -0.15) is 0 Å². The van der Waals surface area contributed by atoms with Crippen LogP contribution in [0.25, 0.3) is 0 Å². The van der Waals surface area contributed by atoms with E-state index in [1.54, 1.807) is 24.3 Å². The Labute approximate surface area is 143 Å². The van der Waals surface area contributed by atoms with Gasteiger partial charge in [-0.05, 0) is 44.6 Å². The van der Waals surface area contributed by atoms with Gasteiger partial charge in [-0.1, -0.05) is 25.0 Å². The molecule has 0 spiro atoms. The van der Waals surface area contributed by atoms with Crippen LogP contribution in [0.15, 0.2) is 24.3 Å². The SMILES string of the molecule is CN(C)CCN(C(=O)NCc1ccc(C(=O)O)cc1)C1CCCC1. The van der Waals surface area contributed by atoms with Gasteiger partial charge in [-0.15, -0.1) is 0 Å². The number of urea groups is 1. The first-order valence-electron chi connectivity index (χ1n) is 8.49. The predicted molar refractivity (Wildman–Crippen MR) is 93.2 cm³/mol. The number of carbonyl (C=O) groups is 2. The third kappa shape index (κ3) is 5.23. The third-order valence-electron chi connectivity index (χ3n) is 4.46. The minimum atomic E-state index is -0.943. The molecule has 1 aliphatic rings. The molecule has 0 aromatic heterocycles. The lowest BCUT2D eigenvalue weighted by Crippen LogP contribution is -2.47. The van der Waals surface area contributed by atoms with Crippen molar-refractivity contribution in [1.29, 1.82) is 0 Å². The fourth-order valence-corrected chi connectivity index (χ4v) is 3.02. The molecule has 0 radical (unpaired) electrons. The van der Waals surface area contributed by atoms with Gasteiger partial charge in [0.25, 0.3) is 0 Å². The second-order valence-corrected chi connectivity index (χ2v) is 6.60. The molecule has 0 aliphatic heterocycles. The van der Waals surface area contributed by atoms with Crippen LogP contribution in [-0.4, -0.2) is 60.1 Å². The van der Waals surface area contributed by atoms with Crippen LogP contribution >= 0.6 is 0 Å². The van der Waals surface area contributed by atoms with Crippen molar-refractivity contribution >= 4 is 12.0 Å². The molecule has 1 aromatic carbocycles. The molecule has 132 valence electrons. The average molecular weight is 333 g/mol. The summed E-state index contributed by atoms with van der Waals surface area (Å²) in [6, 6.07) is 6.90. The molecule has 24 heavy (non-hydrogen) atoms. The number of carboxylic acid groups (broad SMARTS) is 1. The number of carboxylic acids is 1. The summed E-state index contributed by atoms with van der Waals surface area (Å²) in [5.41, 5.74) is 1.15. The van der Waals surface area contributed by atoms with Crippen molar-refractivity contribution in [1.82, 2.24) is 15.1 Å². The van der Waals surface area contributed by atoms with E-state index >= 15 is 0 Å². The van der Waals surface area contributed by atoms with E-state index in [1.807, 2.05) is 19.0 Å². The van der Waals surface area contributed by atoms with E-state index in [4.69, 9.17) is 5.11 Å². The van der Waals surface area contributed by atoms with Crippen LogP contribution in [0.4, 0.5) is 4.79 Å². The molecule has 1 saturated carbocycles. The van der Waals surface area contributed by atoms with Crippen molar-refractivity contribution in [2.24, 2.45) is 0 Å². The van der Waals surface area contributed by atoms with Crippen LogP contribution in [-0.2, 0) is 6.54 Å². The number of carbonyl (C=O) groups excluding carboxylic acids is 1. The first-order valence-corrected chi connectivity index (χ1v) is 8.49. The van der Waals surface area contributed by atoms with Gasteiger partial charge < -0.3 is 20.2 Å². The molecular weight excluding hydrogens is 306 g/mol. The molecule has 2 amide bonds. The number of nitrogens with one attached hydrogen (secondary N) is 1. The molecule has 2 rings (SSSR count). The minimum absolute atomic E-state index is 0.0361. The molecule has 2 N–H and O–H groups in total. The van der Waals surface area contributed by atoms with Crippen molar-refractivity contribution in [2.75, 3.05) is 27.2 Å². The highest BCUT2D eigenvalue weighted by atomic mass is 16.4. The molecule has 0 unspecified atom stereocenters. The van der Waals surface area contributed by atoms with Crippen LogP contribution in [0, 0.1) is 0 Å². The van der Waals surface area contributed by atoms with Gasteiger partial charge in [0, 0.05) is 25.7 Å². The van der Waals surface area contributed by atoms with E-state index in [0.717, 1.165) is 31.5 Å². The summed E-state index contributed by atoms with van der Waals surface area (Å²) in [7, 11) is 4.02. The maximum Gasteiger partial charge on any atom is 0.335 e. The van der Waals surface area contributed by atoms with Crippen LogP contribution in [0.1, 0.15) is 41.6 Å². The fraction of sp³-hybridized carbons (Fsp3) is 0.556. The Hall–Kier alpha value is -2.08. The minimum Gasteiger partial charge on any atom is -0.478 e. The summed E-state index contributed by atoms with van der Waals surface area (Å²) in [4.78, 5) is 27.5. The van der Waals surface area contributed by atoms with Gasteiger partial charge in [-0.3, -0.25) is 0 Å². The highest BCUT2D eigenvalue weighted by molar-refractivity contribution is 5.87. The van der Waals surface area contributed by atoms with Crippen molar-refractivity contribution in [2.45, 2.75) is 38.3 Å². The number of amides is 2. The van der Waals surface area contributed by atoms with Gasteiger partial charge in [0.05, 0.1) is 5.56 Å². The average Bonchev–Trinajstić information content (AvgIpc) is 3.07. The zero-order valence-corrected chi connectivity index (χ0v) is 14.5. The number of likely N-dealkylation sites (N-methyl/N-ethyl adjacent to an activating group) is 1. The standard InChI is InChI=1S/C18H27N3O3/c1-20(2)11-12-21(16-5-3-4-6-16)18(24)19-13-14-7-9-15(10-8-14)17(22)23/h7-10,16H,3-6,11-13H2,1-2H3,(H,19,24)(H,22,23). The topological polar surface area (TPSA) is 72.9 Å². The Bertz CT molecular complexity index is 551. The first-order chi connectivity index (χ1) is 11.5. The second-order valence-electron chi connectivity index (χ2n) is 6.60. The van der Waals surface area contributed by atoms with Crippen molar-refractivity contribution in [3.8, 4) is 0 Å². The monoisotopic (exact) mass is 333 g/mol. The van der Waals surface area contributed by atoms with Crippen LogP contribution in [0.3, 0.4) is 0 Å². The summed E-state index contributed by atoms with van der Waals surface area (Å²) in [6.07, 6.45) is 4.53. The molecule has 1 aliphatic carbocycles. The molecule has 0 saturated heterocycles. The van der Waals surface area contributed by atoms with Crippen LogP contribution in [0.2, 0.25) is 0 Å². The van der Waals surface area contributed by atoms with Gasteiger partial charge in [0.15, 0.2) is 0 Å². The summed E-state index contributed by atoms with van der Waals surface area (Å²) in [5.74, 6) is -0.943. The number of hydrogen-bond acceptors (Lipinski definition) is 3. The van der Waals surface area contributed by atoms with Gasteiger partial charge >= 0.3 is 12.0 Å². The van der Waals surface area contributed by atoms with Crippen molar-refractivity contribution in [3.63, 3.8) is 0 Å². The summed E-state index contributed by atoms with van der Waals surface area (Å²) >= 11 is 0. The maximum atomic E-state index is 12.6. The Kier molecular flexibility index (Phi) is 6.61. The van der Waals surface area contributed by atoms with E-state index in [2.05, 4.69) is 10.2 Å². The van der Waals surface area contributed by atoms with Crippen LogP contribution < -0.4 is 5.32 Å². The normalized spacial score (nSPS) is 14.8. The first kappa shape index (κ1) is 18.3. The molecule has 6 nitrogen and oxygen atoms in total. The lowest BCUT2D eigenvalue weighted by molar-refractivity contribution is 0.0697. The molecule has 1 aromatic rings. The number of aromatic carboxylic acids is 1. The van der Waals surface area contributed by atoms with E-state index in [1.165, 1.54) is 12.8 Å². The molecule has 6 heteroatoms. The molecule has 0 bridgehead atoms. The molecule has 0 atom stereocenters. The lowest BCUT2D eigenvalue weighted by Gasteiger charge is -2.30. The molecule has 1 fully saturated rings. The quantitative estimate of drug-likeness (QED) is 0.804. The zero-order valence-electron chi connectivity index (χ0n) is 14.5. The third-order valence-corrected chi connectivity index (χ3v) is 4.46. The Balaban J connectivity index is 1.92. The largest absolute Gasteiger partial charge is 0.478 e. The highest BCUT2D eigenvalue weighted by Gasteiger charge is 2.26. The fourth-order valence-electron chi connectivity index (χ4n) is 3.02. The summed E-state index contributed by atoms with van der Waals surface area (Å²) < 4.78 is 0. The lowest BCUT2D eigenvalue weighted by atomic mass is 10.1. The highest BCUT2D eigenvalue weighted by Crippen LogP contribution is 2.23. The Morgan fingerprint density at radius 2 is 1.75 bits per heavy atom. The molecular formula is C18H27N3O3. The maximum absolute atomic E-state index is 12.6. The van der Waals surface area contributed by atoms with E-state index < -0.39 is 5.97 Å². The number of nitrogens with zero attached hydrogens (tertiary/aromatic N) is 2. The summed E-state index contributed by atoms with van der Waals surface area (Å²) in [5, 5.41) is 11.9. The predicted octanol–water partition coefficient (Wildman–Crippen LogP) is 2.40. The Morgan fingerprint density at radius 3 is 2.29 bits per heavy atom. The number of benzene rings is 1. The van der Waals surface area contributed by atoms with Crippen molar-refractivity contribution < 1.29 is 14.7 Å². The Morgan fingerprint density at radius 1 is 1.12 bits per heavy atom. The smallest absolute Gasteiger partial charge is 0.335 e. The van der Waals surface area contributed by atoms with E-state index in [9.17, 15) is 9.59 Å². The second kappa shape index (κ2) is 8.68. The van der Waals surface area contributed by atoms with Crippen molar-refractivity contribution in [3.05, 3.63) is 35.4 Å². The molecule has 0 heterocycles. The van der Waals surface area contributed by atoms with Gasteiger partial charge in [0.2, 0.25) is 0 Å². The number of rotatable bonds is 7. The van der Waals surface area contributed by atoms with Gasteiger partial charge in [-0.25, -0.2) is 9.59 Å².